The van der Waals surface area contributed by atoms with E-state index in [9.17, 15) is 5.11 Å². The summed E-state index contributed by atoms with van der Waals surface area (Å²) in [5, 5.41) is 13.5. The molecule has 114 valence electrons. The Balaban J connectivity index is 2.09. The smallest absolute Gasteiger partial charge is 0.0897 e. The van der Waals surface area contributed by atoms with Crippen LogP contribution in [0.15, 0.2) is 0 Å². The first kappa shape index (κ1) is 16.9. The van der Waals surface area contributed by atoms with Crippen LogP contribution in [0, 0.1) is 0 Å². The van der Waals surface area contributed by atoms with Gasteiger partial charge in [0.15, 0.2) is 0 Å². The highest BCUT2D eigenvalue weighted by Crippen LogP contribution is 2.20. The second kappa shape index (κ2) is 10.6. The number of rotatable bonds is 11. The molecule has 0 aliphatic heterocycles. The maximum absolute atomic E-state index is 9.96. The molecule has 0 spiro atoms. The zero-order valence-electron chi connectivity index (χ0n) is 12.9. The average Bonchev–Trinajstić information content (AvgIpc) is 2.92. The number of nitrogens with one attached hydrogen (secondary N) is 1. The van der Waals surface area contributed by atoms with Gasteiger partial charge in [0.1, 0.15) is 0 Å². The van der Waals surface area contributed by atoms with Crippen molar-refractivity contribution in [3.8, 4) is 0 Å². The second-order valence-electron chi connectivity index (χ2n) is 5.93. The van der Waals surface area contributed by atoms with Crippen LogP contribution >= 0.6 is 0 Å². The number of aliphatic hydroxyl groups excluding tert-OH is 1. The molecule has 0 radical (unpaired) electrons. The first-order valence-corrected chi connectivity index (χ1v) is 8.29. The van der Waals surface area contributed by atoms with Crippen LogP contribution in [0.5, 0.6) is 0 Å². The summed E-state index contributed by atoms with van der Waals surface area (Å²) in [4.78, 5) is 0. The fourth-order valence-electron chi connectivity index (χ4n) is 2.81. The quantitative estimate of drug-likeness (QED) is 0.606. The molecule has 3 nitrogen and oxygen atoms in total. The van der Waals surface area contributed by atoms with E-state index in [0.29, 0.717) is 25.3 Å². The summed E-state index contributed by atoms with van der Waals surface area (Å²) in [6.07, 6.45) is 11.1. The molecule has 0 aromatic carbocycles. The highest BCUT2D eigenvalue weighted by Gasteiger charge is 2.17. The Kier molecular flexibility index (Phi) is 9.48. The van der Waals surface area contributed by atoms with Gasteiger partial charge in [0.05, 0.1) is 18.8 Å². The van der Waals surface area contributed by atoms with Crippen molar-refractivity contribution in [1.29, 1.82) is 0 Å². The van der Waals surface area contributed by atoms with Gasteiger partial charge in [-0.15, -0.1) is 0 Å². The lowest BCUT2D eigenvalue weighted by atomic mass is 10.1. The van der Waals surface area contributed by atoms with Gasteiger partial charge in [0, 0.05) is 12.6 Å². The van der Waals surface area contributed by atoms with Gasteiger partial charge in [-0.2, -0.15) is 0 Å². The molecular weight excluding hydrogens is 238 g/mol. The van der Waals surface area contributed by atoms with Gasteiger partial charge in [-0.25, -0.2) is 0 Å². The van der Waals surface area contributed by atoms with E-state index in [0.717, 1.165) is 0 Å². The van der Waals surface area contributed by atoms with Crippen molar-refractivity contribution < 1.29 is 9.84 Å². The van der Waals surface area contributed by atoms with Crippen LogP contribution in [-0.4, -0.2) is 36.5 Å². The van der Waals surface area contributed by atoms with Gasteiger partial charge in [0.25, 0.3) is 0 Å². The molecule has 19 heavy (non-hydrogen) atoms. The van der Waals surface area contributed by atoms with Gasteiger partial charge in [-0.05, 0) is 25.7 Å². The molecule has 0 amide bonds. The molecule has 3 heteroatoms. The van der Waals surface area contributed by atoms with E-state index in [4.69, 9.17) is 4.74 Å². The summed E-state index contributed by atoms with van der Waals surface area (Å²) >= 11 is 0. The molecule has 1 aliphatic rings. The lowest BCUT2D eigenvalue weighted by Crippen LogP contribution is -2.38. The molecule has 2 N–H and O–H groups in total. The van der Waals surface area contributed by atoms with E-state index in [-0.39, 0.29) is 6.10 Å². The Morgan fingerprint density at radius 3 is 2.53 bits per heavy atom. The van der Waals surface area contributed by atoms with Crippen molar-refractivity contribution in [3.63, 3.8) is 0 Å². The maximum atomic E-state index is 9.96. The minimum absolute atomic E-state index is 0.360. The highest BCUT2D eigenvalue weighted by molar-refractivity contribution is 4.71. The van der Waals surface area contributed by atoms with Gasteiger partial charge in [0.2, 0.25) is 0 Å². The van der Waals surface area contributed by atoms with Crippen molar-refractivity contribution in [3.05, 3.63) is 0 Å². The van der Waals surface area contributed by atoms with Gasteiger partial charge < -0.3 is 15.2 Å². The van der Waals surface area contributed by atoms with E-state index in [2.05, 4.69) is 19.2 Å². The maximum Gasteiger partial charge on any atom is 0.0897 e. The molecule has 2 unspecified atom stereocenters. The van der Waals surface area contributed by atoms with Crippen LogP contribution in [0.3, 0.4) is 0 Å². The molecule has 0 aromatic rings. The number of unbranched alkanes of at least 4 members (excludes halogenated alkanes) is 1. The van der Waals surface area contributed by atoms with Crippen molar-refractivity contribution >= 4 is 0 Å². The molecule has 1 aliphatic carbocycles. The fraction of sp³-hybridized carbons (Fsp3) is 1.00. The Labute approximate surface area is 119 Å². The molecule has 0 heterocycles. The number of ether oxygens (including phenoxy) is 1. The molecule has 1 fully saturated rings. The monoisotopic (exact) mass is 271 g/mol. The number of hydrogen-bond donors (Lipinski definition) is 2. The average molecular weight is 271 g/mol. The molecule has 0 saturated heterocycles. The number of hydrogen-bond acceptors (Lipinski definition) is 3. The van der Waals surface area contributed by atoms with Crippen molar-refractivity contribution in [2.24, 2.45) is 0 Å². The van der Waals surface area contributed by atoms with Crippen LogP contribution in [-0.2, 0) is 4.74 Å². The molecule has 0 aromatic heterocycles. The molecule has 1 saturated carbocycles. The van der Waals surface area contributed by atoms with Crippen molar-refractivity contribution in [1.82, 2.24) is 5.32 Å². The molecule has 0 bridgehead atoms. The predicted molar refractivity (Wildman–Crippen MR) is 80.4 cm³/mol. The van der Waals surface area contributed by atoms with E-state index in [1.807, 2.05) is 0 Å². The minimum atomic E-state index is -0.360. The van der Waals surface area contributed by atoms with Crippen LogP contribution < -0.4 is 5.32 Å². The summed E-state index contributed by atoms with van der Waals surface area (Å²) in [7, 11) is 0. The Bertz CT molecular complexity index is 205. The zero-order valence-corrected chi connectivity index (χ0v) is 12.9. The van der Waals surface area contributed by atoms with Gasteiger partial charge in [-0.3, -0.25) is 0 Å². The van der Waals surface area contributed by atoms with Gasteiger partial charge >= 0.3 is 0 Å². The van der Waals surface area contributed by atoms with Crippen LogP contribution in [0.4, 0.5) is 0 Å². The Morgan fingerprint density at radius 2 is 1.89 bits per heavy atom. The Morgan fingerprint density at radius 1 is 1.16 bits per heavy atom. The van der Waals surface area contributed by atoms with E-state index >= 15 is 0 Å². The lowest BCUT2D eigenvalue weighted by molar-refractivity contribution is -0.00640. The summed E-state index contributed by atoms with van der Waals surface area (Å²) in [6, 6.07) is 0.561. The van der Waals surface area contributed by atoms with Crippen LogP contribution in [0.25, 0.3) is 0 Å². The molecule has 2 atom stereocenters. The van der Waals surface area contributed by atoms with Crippen LogP contribution in [0.2, 0.25) is 0 Å². The van der Waals surface area contributed by atoms with E-state index in [1.165, 1.54) is 57.8 Å². The highest BCUT2D eigenvalue weighted by atomic mass is 16.5. The second-order valence-corrected chi connectivity index (χ2v) is 5.93. The number of aliphatic hydroxyl groups is 1. The predicted octanol–water partition coefficient (Wildman–Crippen LogP) is 3.26. The van der Waals surface area contributed by atoms with Crippen molar-refractivity contribution in [2.75, 3.05) is 13.2 Å². The summed E-state index contributed by atoms with van der Waals surface area (Å²) < 4.78 is 5.75. The third-order valence-corrected chi connectivity index (χ3v) is 4.01. The SMILES string of the molecule is CCCCC(CCC)NCC(O)COC1CCCC1. The first-order chi connectivity index (χ1) is 9.26. The minimum Gasteiger partial charge on any atom is -0.389 e. The topological polar surface area (TPSA) is 41.5 Å². The fourth-order valence-corrected chi connectivity index (χ4v) is 2.81. The summed E-state index contributed by atoms with van der Waals surface area (Å²) in [5.74, 6) is 0. The van der Waals surface area contributed by atoms with E-state index in [1.54, 1.807) is 0 Å². The third kappa shape index (κ3) is 7.91. The van der Waals surface area contributed by atoms with Crippen molar-refractivity contribution in [2.45, 2.75) is 89.9 Å². The molecular formula is C16H33NO2. The third-order valence-electron chi connectivity index (χ3n) is 4.01. The molecule has 1 rings (SSSR count). The first-order valence-electron chi connectivity index (χ1n) is 8.29. The summed E-state index contributed by atoms with van der Waals surface area (Å²) in [6.45, 7) is 5.61. The van der Waals surface area contributed by atoms with Gasteiger partial charge in [-0.1, -0.05) is 46.0 Å². The standard InChI is InChI=1S/C16H33NO2/c1-3-5-9-14(8-4-2)17-12-15(18)13-19-16-10-6-7-11-16/h14-18H,3-13H2,1-2H3. The lowest BCUT2D eigenvalue weighted by Gasteiger charge is -2.21. The zero-order chi connectivity index (χ0) is 13.9. The largest absolute Gasteiger partial charge is 0.389 e. The van der Waals surface area contributed by atoms with Crippen LogP contribution in [0.1, 0.15) is 71.6 Å². The normalized spacial score (nSPS) is 19.7. The van der Waals surface area contributed by atoms with E-state index < -0.39 is 0 Å². The summed E-state index contributed by atoms with van der Waals surface area (Å²) in [5.41, 5.74) is 0. The Hall–Kier alpha value is -0.120.